The highest BCUT2D eigenvalue weighted by Crippen LogP contribution is 2.52. The second-order valence-electron chi connectivity index (χ2n) is 15.9. The van der Waals surface area contributed by atoms with Crippen LogP contribution in [0.2, 0.25) is 11.4 Å². The average Bonchev–Trinajstić information content (AvgIpc) is 3.42. The zero-order valence-corrected chi connectivity index (χ0v) is 32.7. The van der Waals surface area contributed by atoms with Gasteiger partial charge in [-0.3, -0.25) is 14.5 Å². The van der Waals surface area contributed by atoms with E-state index in [0.717, 1.165) is 23.1 Å². The lowest BCUT2D eigenvalue weighted by atomic mass is 9.58. The molecule has 0 saturated carbocycles. The van der Waals surface area contributed by atoms with Crippen LogP contribution < -0.4 is 15.3 Å². The van der Waals surface area contributed by atoms with Gasteiger partial charge in [0.2, 0.25) is 11.8 Å². The van der Waals surface area contributed by atoms with Crippen LogP contribution in [0.4, 0.5) is 5.69 Å². The Hall–Kier alpha value is -4.54. The standard InChI is InChI=1S/C45H50BNO6Si/c1-5-31(26-32-16-15-19-35(48)27-32)24-25-40-41-33(30-52-54(45(2,3)4,36-20-11-7-12-21-36)37-22-13-8-14-23-37)28-38-42(39(41)29-46(51)53-40)44(50)47(43(38)49)34-17-9-6-10-18-34/h6-23,26-27,38-40,42,48,51H,5,24-25,28-30H2,1-4H3/b31-26+/t38-,39+,40-,42-/m1/s1. The van der Waals surface area contributed by atoms with E-state index in [0.29, 0.717) is 24.9 Å². The number of phenolic OH excluding ortho intramolecular Hbond substituents is 1. The number of amides is 2. The van der Waals surface area contributed by atoms with Crippen molar-refractivity contribution < 1.29 is 28.8 Å². The van der Waals surface area contributed by atoms with Crippen molar-refractivity contribution in [2.75, 3.05) is 11.5 Å². The van der Waals surface area contributed by atoms with Gasteiger partial charge in [-0.1, -0.05) is 130 Å². The summed E-state index contributed by atoms with van der Waals surface area (Å²) in [5, 5.41) is 23.4. The number of fused-ring (bicyclic) bond motifs is 3. The molecule has 7 nitrogen and oxygen atoms in total. The summed E-state index contributed by atoms with van der Waals surface area (Å²) in [6.45, 7) is 9.15. The third-order valence-corrected chi connectivity index (χ3v) is 16.6. The van der Waals surface area contributed by atoms with Crippen LogP contribution in [0.15, 0.2) is 132 Å². The molecule has 0 aromatic heterocycles. The van der Waals surface area contributed by atoms with Crippen molar-refractivity contribution in [3.63, 3.8) is 0 Å². The Balaban J connectivity index is 1.31. The summed E-state index contributed by atoms with van der Waals surface area (Å²) in [4.78, 5) is 30.1. The monoisotopic (exact) mass is 739 g/mol. The smallest absolute Gasteiger partial charge is 0.455 e. The van der Waals surface area contributed by atoms with Crippen LogP contribution in [0.3, 0.4) is 0 Å². The fraction of sp³-hybridized carbons (Fsp3) is 0.333. The molecule has 2 aliphatic heterocycles. The summed E-state index contributed by atoms with van der Waals surface area (Å²) in [6.07, 6.45) is 4.35. The molecule has 278 valence electrons. The third-order valence-electron chi connectivity index (χ3n) is 11.6. The molecule has 9 heteroatoms. The van der Waals surface area contributed by atoms with Gasteiger partial charge in [0, 0.05) is 0 Å². The minimum atomic E-state index is -2.96. The molecule has 2 N–H and O–H groups in total. The topological polar surface area (TPSA) is 96.3 Å². The summed E-state index contributed by atoms with van der Waals surface area (Å²) >= 11 is 0. The van der Waals surface area contributed by atoms with Crippen molar-refractivity contribution in [1.82, 2.24) is 0 Å². The Labute approximate surface area is 320 Å². The molecule has 2 saturated heterocycles. The molecule has 0 unspecified atom stereocenters. The molecule has 3 aliphatic rings. The van der Waals surface area contributed by atoms with E-state index in [1.54, 1.807) is 24.3 Å². The Kier molecular flexibility index (Phi) is 11.0. The van der Waals surface area contributed by atoms with Crippen molar-refractivity contribution in [2.24, 2.45) is 17.8 Å². The van der Waals surface area contributed by atoms with Crippen molar-refractivity contribution in [3.8, 4) is 5.75 Å². The predicted molar refractivity (Wildman–Crippen MR) is 218 cm³/mol. The number of carbonyl (C=O) groups excluding carboxylic acids is 2. The first-order valence-electron chi connectivity index (χ1n) is 19.2. The molecular weight excluding hydrogens is 689 g/mol. The van der Waals surface area contributed by atoms with E-state index < -0.39 is 33.4 Å². The number of benzene rings is 4. The Morgan fingerprint density at radius 3 is 2.11 bits per heavy atom. The molecule has 4 atom stereocenters. The van der Waals surface area contributed by atoms with Gasteiger partial charge in [-0.15, -0.1) is 0 Å². The van der Waals surface area contributed by atoms with Crippen LogP contribution >= 0.6 is 0 Å². The number of anilines is 1. The minimum Gasteiger partial charge on any atom is -0.508 e. The Morgan fingerprint density at radius 2 is 1.52 bits per heavy atom. The first-order valence-corrected chi connectivity index (χ1v) is 21.1. The first-order chi connectivity index (χ1) is 26.0. The molecule has 1 aliphatic carbocycles. The highest BCUT2D eigenvalue weighted by atomic mass is 28.4. The first kappa shape index (κ1) is 37.8. The van der Waals surface area contributed by atoms with Gasteiger partial charge in [0.05, 0.1) is 30.2 Å². The molecular formula is C45H50BNO6Si. The molecule has 54 heavy (non-hydrogen) atoms. The molecule has 0 spiro atoms. The number of nitrogens with zero attached hydrogens (tertiary/aromatic N) is 1. The van der Waals surface area contributed by atoms with E-state index in [1.807, 2.05) is 42.5 Å². The van der Waals surface area contributed by atoms with E-state index in [1.165, 1.54) is 20.8 Å². The van der Waals surface area contributed by atoms with Crippen LogP contribution in [-0.2, 0) is 18.7 Å². The zero-order valence-electron chi connectivity index (χ0n) is 31.7. The quantitative estimate of drug-likeness (QED) is 0.0938. The van der Waals surface area contributed by atoms with Gasteiger partial charge < -0.3 is 19.2 Å². The molecule has 2 fully saturated rings. The summed E-state index contributed by atoms with van der Waals surface area (Å²) < 4.78 is 13.9. The Bertz CT molecular complexity index is 1990. The van der Waals surface area contributed by atoms with E-state index in [4.69, 9.17) is 9.08 Å². The van der Waals surface area contributed by atoms with Gasteiger partial charge in [-0.05, 0) is 94.3 Å². The van der Waals surface area contributed by atoms with Gasteiger partial charge in [-0.25, -0.2) is 0 Å². The molecule has 7 rings (SSSR count). The molecule has 0 radical (unpaired) electrons. The van der Waals surface area contributed by atoms with Crippen molar-refractivity contribution in [1.29, 1.82) is 0 Å². The number of hydrogen-bond acceptors (Lipinski definition) is 6. The maximum absolute atomic E-state index is 14.4. The van der Waals surface area contributed by atoms with Gasteiger partial charge >= 0.3 is 7.12 Å². The largest absolute Gasteiger partial charge is 0.508 e. The number of allylic oxidation sites excluding steroid dienone is 1. The highest BCUT2D eigenvalue weighted by molar-refractivity contribution is 6.99. The number of imide groups is 1. The van der Waals surface area contributed by atoms with Crippen LogP contribution in [0, 0.1) is 17.8 Å². The SMILES string of the molecule is CC/C(=C\c1cccc(O)c1)CC[C@H]1OB(O)C[C@H]2C1=C(CO[Si](c1ccccc1)(c1ccccc1)C(C)(C)C)C[C@H]1C(=O)N(c3ccccc3)C(=O)[C@H]12. The number of aromatic hydroxyl groups is 1. The lowest BCUT2D eigenvalue weighted by Crippen LogP contribution is -2.66. The van der Waals surface area contributed by atoms with Crippen LogP contribution in [-0.4, -0.2) is 50.1 Å². The second kappa shape index (κ2) is 15.7. The molecule has 2 heterocycles. The lowest BCUT2D eigenvalue weighted by molar-refractivity contribution is -0.122. The van der Waals surface area contributed by atoms with E-state index in [2.05, 4.69) is 82.3 Å². The van der Waals surface area contributed by atoms with Gasteiger partial charge in [0.15, 0.2) is 0 Å². The van der Waals surface area contributed by atoms with E-state index >= 15 is 0 Å². The maximum Gasteiger partial charge on any atom is 0.455 e. The van der Waals surface area contributed by atoms with Crippen LogP contribution in [0.1, 0.15) is 58.9 Å². The number of phenols is 1. The van der Waals surface area contributed by atoms with Crippen LogP contribution in [0.25, 0.3) is 6.08 Å². The summed E-state index contributed by atoms with van der Waals surface area (Å²) in [5.41, 5.74) is 4.68. The van der Waals surface area contributed by atoms with Gasteiger partial charge in [0.1, 0.15) is 5.75 Å². The zero-order chi connectivity index (χ0) is 38.0. The number of para-hydroxylation sites is 1. The molecule has 2 amide bonds. The van der Waals surface area contributed by atoms with Crippen LogP contribution in [0.5, 0.6) is 5.75 Å². The third kappa shape index (κ3) is 7.18. The summed E-state index contributed by atoms with van der Waals surface area (Å²) in [7, 11) is -4.04. The summed E-state index contributed by atoms with van der Waals surface area (Å²) in [6, 6.07) is 37.4. The van der Waals surface area contributed by atoms with Crippen molar-refractivity contribution in [2.45, 2.75) is 70.8 Å². The number of rotatable bonds is 11. The maximum atomic E-state index is 14.4. The fourth-order valence-electron chi connectivity index (χ4n) is 9.20. The predicted octanol–water partition coefficient (Wildman–Crippen LogP) is 7.54. The minimum absolute atomic E-state index is 0.196. The number of hydrogen-bond donors (Lipinski definition) is 2. The Morgan fingerprint density at radius 1 is 0.889 bits per heavy atom. The number of carbonyl (C=O) groups is 2. The average molecular weight is 740 g/mol. The van der Waals surface area contributed by atoms with E-state index in [-0.39, 0.29) is 41.4 Å². The molecule has 4 aromatic carbocycles. The summed E-state index contributed by atoms with van der Waals surface area (Å²) in [5.74, 6) is -1.73. The highest BCUT2D eigenvalue weighted by Gasteiger charge is 2.58. The van der Waals surface area contributed by atoms with Gasteiger partial charge in [0.25, 0.3) is 8.32 Å². The normalized spacial score (nSPS) is 22.1. The fourth-order valence-corrected chi connectivity index (χ4v) is 13.7. The lowest BCUT2D eigenvalue weighted by Gasteiger charge is -2.46. The second-order valence-corrected chi connectivity index (χ2v) is 20.2. The van der Waals surface area contributed by atoms with E-state index in [9.17, 15) is 19.7 Å². The van der Waals surface area contributed by atoms with Crippen molar-refractivity contribution in [3.05, 3.63) is 138 Å². The molecule has 0 bridgehead atoms. The molecule has 4 aromatic rings. The van der Waals surface area contributed by atoms with Gasteiger partial charge in [-0.2, -0.15) is 0 Å². The van der Waals surface area contributed by atoms with Crippen molar-refractivity contribution >= 4 is 49.4 Å².